The van der Waals surface area contributed by atoms with Gasteiger partial charge in [-0.15, -0.1) is 10.2 Å². The van der Waals surface area contributed by atoms with E-state index in [4.69, 9.17) is 0 Å². The van der Waals surface area contributed by atoms with E-state index in [2.05, 4.69) is 30.4 Å². The van der Waals surface area contributed by atoms with E-state index in [9.17, 15) is 13.2 Å². The van der Waals surface area contributed by atoms with E-state index >= 15 is 0 Å². The fraction of sp³-hybridized carbons (Fsp3) is 0.800. The van der Waals surface area contributed by atoms with Gasteiger partial charge in [0.2, 0.25) is 0 Å². The lowest BCUT2D eigenvalue weighted by Crippen LogP contribution is -2.45. The van der Waals surface area contributed by atoms with Crippen LogP contribution in [0.3, 0.4) is 0 Å². The molecule has 1 fully saturated rings. The molecule has 10 heteroatoms. The van der Waals surface area contributed by atoms with Gasteiger partial charge < -0.3 is 15.2 Å². The fourth-order valence-electron chi connectivity index (χ4n) is 3.34. The first-order valence-corrected chi connectivity index (χ1v) is 8.69. The number of nitrogens with one attached hydrogen (secondary N) is 2. The highest BCUT2D eigenvalue weighted by Crippen LogP contribution is 2.20. The molecular weight excluding hydrogens is 335 g/mol. The first kappa shape index (κ1) is 18.0. The first-order chi connectivity index (χ1) is 11.9. The normalized spacial score (nSPS) is 21.6. The van der Waals surface area contributed by atoms with Crippen molar-refractivity contribution in [2.45, 2.75) is 51.5 Å². The number of rotatable bonds is 5. The van der Waals surface area contributed by atoms with Gasteiger partial charge in [-0.05, 0) is 19.8 Å². The summed E-state index contributed by atoms with van der Waals surface area (Å²) in [5, 5.41) is 14.7. The molecule has 0 aromatic carbocycles. The molecule has 0 bridgehead atoms. The van der Waals surface area contributed by atoms with Gasteiger partial charge in [0.15, 0.2) is 11.8 Å². The monoisotopic (exact) mass is 359 g/mol. The number of aliphatic imine (C=N–C) groups is 1. The van der Waals surface area contributed by atoms with Gasteiger partial charge in [-0.25, -0.2) is 4.99 Å². The fourth-order valence-corrected chi connectivity index (χ4v) is 3.34. The third-order valence-electron chi connectivity index (χ3n) is 4.43. The van der Waals surface area contributed by atoms with Gasteiger partial charge in [-0.3, -0.25) is 4.90 Å². The number of alkyl halides is 3. The molecule has 140 valence electrons. The van der Waals surface area contributed by atoms with Crippen LogP contribution in [0, 0.1) is 0 Å². The van der Waals surface area contributed by atoms with Gasteiger partial charge >= 0.3 is 6.18 Å². The third-order valence-corrected chi connectivity index (χ3v) is 4.43. The molecule has 0 aliphatic carbocycles. The molecule has 3 rings (SSSR count). The Morgan fingerprint density at radius 1 is 1.32 bits per heavy atom. The van der Waals surface area contributed by atoms with E-state index in [1.165, 1.54) is 4.90 Å². The maximum absolute atomic E-state index is 12.5. The molecule has 1 unspecified atom stereocenters. The first-order valence-electron chi connectivity index (χ1n) is 8.69. The largest absolute Gasteiger partial charge is 0.401 e. The summed E-state index contributed by atoms with van der Waals surface area (Å²) in [6.45, 7) is 3.91. The second kappa shape index (κ2) is 7.59. The molecule has 7 nitrogen and oxygen atoms in total. The molecule has 1 aromatic rings. The Morgan fingerprint density at radius 3 is 2.92 bits per heavy atom. The highest BCUT2D eigenvalue weighted by Gasteiger charge is 2.34. The summed E-state index contributed by atoms with van der Waals surface area (Å²) in [5.74, 6) is 2.44. The Labute approximate surface area is 144 Å². The molecule has 25 heavy (non-hydrogen) atoms. The lowest BCUT2D eigenvalue weighted by molar-refractivity contribution is -0.143. The van der Waals surface area contributed by atoms with Crippen molar-refractivity contribution in [3.63, 3.8) is 0 Å². The molecule has 2 aliphatic heterocycles. The quantitative estimate of drug-likeness (QED) is 0.604. The second-order valence-corrected chi connectivity index (χ2v) is 6.46. The molecular formula is C15H24F3N7. The van der Waals surface area contributed by atoms with Crippen molar-refractivity contribution >= 4 is 5.96 Å². The average Bonchev–Trinajstić information content (AvgIpc) is 3.21. The van der Waals surface area contributed by atoms with Crippen LogP contribution in [-0.2, 0) is 19.5 Å². The van der Waals surface area contributed by atoms with Crippen LogP contribution in [0.25, 0.3) is 0 Å². The van der Waals surface area contributed by atoms with Crippen LogP contribution in [0.5, 0.6) is 0 Å². The standard InChI is InChI=1S/C15H24F3N7/c1-2-19-14(20-8-13-23-22-12-4-3-6-25(12)13)21-11-5-7-24(9-11)10-15(16,17)18/h11H,2-10H2,1H3,(H2,19,20,21). The van der Waals surface area contributed by atoms with E-state index in [1.54, 1.807) is 0 Å². The number of hydrogen-bond donors (Lipinski definition) is 2. The molecule has 1 atom stereocenters. The van der Waals surface area contributed by atoms with Crippen molar-refractivity contribution in [2.24, 2.45) is 4.99 Å². The smallest absolute Gasteiger partial charge is 0.357 e. The maximum atomic E-state index is 12.5. The predicted molar refractivity (Wildman–Crippen MR) is 87.2 cm³/mol. The minimum Gasteiger partial charge on any atom is -0.357 e. The highest BCUT2D eigenvalue weighted by atomic mass is 19.4. The maximum Gasteiger partial charge on any atom is 0.401 e. The van der Waals surface area contributed by atoms with Crippen LogP contribution >= 0.6 is 0 Å². The molecule has 1 saturated heterocycles. The third kappa shape index (κ3) is 4.83. The number of halogens is 3. The summed E-state index contributed by atoms with van der Waals surface area (Å²) < 4.78 is 39.6. The lowest BCUT2D eigenvalue weighted by atomic mass is 10.3. The van der Waals surface area contributed by atoms with Gasteiger partial charge in [0.05, 0.1) is 6.54 Å². The number of aryl methyl sites for hydroxylation is 1. The number of likely N-dealkylation sites (tertiary alicyclic amines) is 1. The average molecular weight is 359 g/mol. The molecule has 0 spiro atoms. The second-order valence-electron chi connectivity index (χ2n) is 6.46. The van der Waals surface area contributed by atoms with E-state index in [1.807, 2.05) is 6.92 Å². The summed E-state index contributed by atoms with van der Waals surface area (Å²) in [4.78, 5) is 5.95. The summed E-state index contributed by atoms with van der Waals surface area (Å²) in [6.07, 6.45) is -1.45. The molecule has 1 aromatic heterocycles. The predicted octanol–water partition coefficient (Wildman–Crippen LogP) is 0.916. The zero-order valence-electron chi connectivity index (χ0n) is 14.3. The SMILES string of the molecule is CCNC(=NCc1nnc2n1CCC2)NC1CCN(CC(F)(F)F)C1. The van der Waals surface area contributed by atoms with Crippen LogP contribution in [0.15, 0.2) is 4.99 Å². The van der Waals surface area contributed by atoms with Crippen molar-refractivity contribution in [3.8, 4) is 0 Å². The molecule has 0 radical (unpaired) electrons. The van der Waals surface area contributed by atoms with Crippen molar-refractivity contribution in [3.05, 3.63) is 11.6 Å². The van der Waals surface area contributed by atoms with E-state index in [-0.39, 0.29) is 6.04 Å². The van der Waals surface area contributed by atoms with Crippen LogP contribution in [-0.4, -0.2) is 64.0 Å². The van der Waals surface area contributed by atoms with Crippen molar-refractivity contribution in [1.29, 1.82) is 0 Å². The van der Waals surface area contributed by atoms with Gasteiger partial charge in [0, 0.05) is 38.6 Å². The lowest BCUT2D eigenvalue weighted by Gasteiger charge is -2.19. The molecule has 2 aliphatic rings. The van der Waals surface area contributed by atoms with E-state index in [0.29, 0.717) is 38.6 Å². The zero-order valence-corrected chi connectivity index (χ0v) is 14.3. The minimum atomic E-state index is -4.15. The van der Waals surface area contributed by atoms with Crippen LogP contribution in [0.2, 0.25) is 0 Å². The Morgan fingerprint density at radius 2 is 2.16 bits per heavy atom. The van der Waals surface area contributed by atoms with Crippen LogP contribution in [0.4, 0.5) is 13.2 Å². The molecule has 2 N–H and O–H groups in total. The summed E-state index contributed by atoms with van der Waals surface area (Å²) in [6, 6.07) is -0.0377. The van der Waals surface area contributed by atoms with Gasteiger partial charge in [0.1, 0.15) is 12.4 Å². The highest BCUT2D eigenvalue weighted by molar-refractivity contribution is 5.80. The van der Waals surface area contributed by atoms with Gasteiger partial charge in [0.25, 0.3) is 0 Å². The molecule has 0 amide bonds. The number of fused-ring (bicyclic) bond motifs is 1. The Balaban J connectivity index is 1.56. The van der Waals surface area contributed by atoms with Crippen molar-refractivity contribution in [2.75, 3.05) is 26.2 Å². The van der Waals surface area contributed by atoms with E-state index < -0.39 is 12.7 Å². The topological polar surface area (TPSA) is 70.4 Å². The van der Waals surface area contributed by atoms with Crippen molar-refractivity contribution in [1.82, 2.24) is 30.3 Å². The number of aromatic nitrogens is 3. The summed E-state index contributed by atoms with van der Waals surface area (Å²) in [7, 11) is 0. The van der Waals surface area contributed by atoms with Crippen LogP contribution in [0.1, 0.15) is 31.4 Å². The Hall–Kier alpha value is -1.84. The van der Waals surface area contributed by atoms with Gasteiger partial charge in [-0.2, -0.15) is 13.2 Å². The molecule has 0 saturated carbocycles. The summed E-state index contributed by atoms with van der Waals surface area (Å²) in [5.41, 5.74) is 0. The number of guanidine groups is 1. The van der Waals surface area contributed by atoms with Crippen LogP contribution < -0.4 is 10.6 Å². The number of nitrogens with zero attached hydrogens (tertiary/aromatic N) is 5. The summed E-state index contributed by atoms with van der Waals surface area (Å²) >= 11 is 0. The molecule has 3 heterocycles. The Kier molecular flexibility index (Phi) is 5.45. The number of hydrogen-bond acceptors (Lipinski definition) is 4. The minimum absolute atomic E-state index is 0.0377. The zero-order chi connectivity index (χ0) is 17.9. The van der Waals surface area contributed by atoms with Crippen molar-refractivity contribution < 1.29 is 13.2 Å². The van der Waals surface area contributed by atoms with Gasteiger partial charge in [-0.1, -0.05) is 0 Å². The Bertz CT molecular complexity index is 611. The van der Waals surface area contributed by atoms with E-state index in [0.717, 1.165) is 31.0 Å².